The highest BCUT2D eigenvalue weighted by Crippen LogP contribution is 2.68. The van der Waals surface area contributed by atoms with E-state index in [1.165, 1.54) is 31.6 Å². The Hall–Kier alpha value is -4.98. The van der Waals surface area contributed by atoms with E-state index >= 15 is 4.79 Å². The second-order valence-electron chi connectivity index (χ2n) is 17.4. The van der Waals surface area contributed by atoms with Crippen LogP contribution in [0.5, 0.6) is 5.75 Å². The number of nitrogens with zero attached hydrogens (tertiary/aromatic N) is 3. The molecular formula is C46H54N4O9. The predicted molar refractivity (Wildman–Crippen MR) is 219 cm³/mol. The molecule has 9 rings (SSSR count). The van der Waals surface area contributed by atoms with Crippen LogP contribution < -0.4 is 9.64 Å². The molecule has 1 saturated carbocycles. The number of hydrogen-bond donors (Lipinski definition) is 2. The van der Waals surface area contributed by atoms with Gasteiger partial charge in [-0.25, -0.2) is 4.79 Å². The molecule has 13 heteroatoms. The third kappa shape index (κ3) is 5.13. The smallest absolute Gasteiger partial charge is 0.344 e. The zero-order valence-electron chi connectivity index (χ0n) is 34.7. The summed E-state index contributed by atoms with van der Waals surface area (Å²) in [6, 6.07) is 10.2. The fraction of sp³-hybridized carbons (Fsp3) is 0.522. The van der Waals surface area contributed by atoms with Crippen LogP contribution in [0.25, 0.3) is 10.9 Å². The maximum Gasteiger partial charge on any atom is 0.344 e. The van der Waals surface area contributed by atoms with E-state index in [0.717, 1.165) is 48.2 Å². The second-order valence-corrected chi connectivity index (χ2v) is 17.4. The van der Waals surface area contributed by atoms with Crippen LogP contribution >= 0.6 is 0 Å². The number of H-pyrrole nitrogens is 1. The molecule has 1 amide bonds. The van der Waals surface area contributed by atoms with Gasteiger partial charge < -0.3 is 33.9 Å². The molecule has 3 aromatic rings. The van der Waals surface area contributed by atoms with Crippen molar-refractivity contribution in [3.8, 4) is 5.75 Å². The molecule has 6 aliphatic rings. The zero-order chi connectivity index (χ0) is 41.6. The van der Waals surface area contributed by atoms with Crippen LogP contribution in [0.1, 0.15) is 68.8 Å². The minimum atomic E-state index is -2.51. The Bertz CT molecular complexity index is 2320. The number of fused-ring (bicyclic) bond motifs is 6. The first kappa shape index (κ1) is 39.5. The molecule has 2 aromatic carbocycles. The molecule has 13 nitrogen and oxygen atoms in total. The number of carbonyl (C=O) groups is 4. The van der Waals surface area contributed by atoms with Gasteiger partial charge in [-0.1, -0.05) is 55.8 Å². The van der Waals surface area contributed by atoms with Crippen LogP contribution in [-0.2, 0) is 50.6 Å². The lowest BCUT2D eigenvalue weighted by Crippen LogP contribution is -2.81. The number of ether oxygens (including phenoxy) is 4. The summed E-state index contributed by atoms with van der Waals surface area (Å²) in [7, 11) is 4.16. The quantitative estimate of drug-likeness (QED) is 0.145. The number of nitrogens with one attached hydrogen (secondary N) is 1. The lowest BCUT2D eigenvalue weighted by Gasteiger charge is -2.63. The molecule has 2 fully saturated rings. The highest BCUT2D eigenvalue weighted by Gasteiger charge is 2.81. The molecule has 1 saturated heterocycles. The first-order chi connectivity index (χ1) is 28.4. The normalized spacial score (nSPS) is 34.3. The number of benzene rings is 2. The van der Waals surface area contributed by atoms with Crippen LogP contribution in [0.2, 0.25) is 0 Å². The molecule has 6 heterocycles. The maximum atomic E-state index is 15.3. The van der Waals surface area contributed by atoms with E-state index in [1.807, 2.05) is 43.3 Å². The molecular weight excluding hydrogens is 753 g/mol. The van der Waals surface area contributed by atoms with Crippen LogP contribution in [0.15, 0.2) is 60.2 Å². The van der Waals surface area contributed by atoms with Crippen molar-refractivity contribution in [1.29, 1.82) is 0 Å². The first-order valence-corrected chi connectivity index (χ1v) is 20.9. The van der Waals surface area contributed by atoms with Gasteiger partial charge in [-0.15, -0.1) is 0 Å². The van der Waals surface area contributed by atoms with Gasteiger partial charge in [0, 0.05) is 78.2 Å². The highest BCUT2D eigenvalue weighted by molar-refractivity contribution is 5.96. The van der Waals surface area contributed by atoms with Gasteiger partial charge in [0.2, 0.25) is 12.0 Å². The Morgan fingerprint density at radius 1 is 1.02 bits per heavy atom. The summed E-state index contributed by atoms with van der Waals surface area (Å²) in [5.74, 6) is -1.81. The number of para-hydroxylation sites is 1. The van der Waals surface area contributed by atoms with Crippen molar-refractivity contribution in [3.05, 3.63) is 82.6 Å². The van der Waals surface area contributed by atoms with E-state index in [4.69, 9.17) is 18.9 Å². The summed E-state index contributed by atoms with van der Waals surface area (Å²) < 4.78 is 23.7. The fourth-order valence-electron chi connectivity index (χ4n) is 12.9. The van der Waals surface area contributed by atoms with E-state index in [9.17, 15) is 19.5 Å². The largest absolute Gasteiger partial charge is 0.496 e. The van der Waals surface area contributed by atoms with Gasteiger partial charge >= 0.3 is 17.9 Å². The molecule has 1 aromatic heterocycles. The fourth-order valence-corrected chi connectivity index (χ4v) is 12.9. The molecule has 9 atom stereocenters. The molecule has 5 aliphatic heterocycles. The molecule has 1 aliphatic carbocycles. The topological polar surface area (TPSA) is 151 Å². The number of aromatic nitrogens is 1. The third-order valence-electron chi connectivity index (χ3n) is 15.0. The van der Waals surface area contributed by atoms with E-state index in [1.54, 1.807) is 13.2 Å². The van der Waals surface area contributed by atoms with Gasteiger partial charge in [-0.05, 0) is 67.8 Å². The average molecular weight is 807 g/mol. The number of methoxy groups -OCH3 is 3. The van der Waals surface area contributed by atoms with E-state index in [2.05, 4.69) is 33.8 Å². The summed E-state index contributed by atoms with van der Waals surface area (Å²) >= 11 is 0. The molecule has 2 N–H and O–H groups in total. The molecule has 1 spiro atoms. The van der Waals surface area contributed by atoms with Crippen molar-refractivity contribution in [3.63, 3.8) is 0 Å². The number of carbonyl (C=O) groups excluding carboxylic acids is 4. The average Bonchev–Trinajstić information content (AvgIpc) is 3.92. The Morgan fingerprint density at radius 3 is 2.49 bits per heavy atom. The predicted octanol–water partition coefficient (Wildman–Crippen LogP) is 4.32. The summed E-state index contributed by atoms with van der Waals surface area (Å²) in [4.78, 5) is 66.3. The number of anilines is 1. The van der Waals surface area contributed by atoms with Gasteiger partial charge in [0.1, 0.15) is 11.2 Å². The number of amides is 1. The molecule has 2 unspecified atom stereocenters. The number of aliphatic hydroxyl groups is 1. The Kier molecular flexibility index (Phi) is 9.41. The number of aromatic amines is 1. The maximum absolute atomic E-state index is 15.3. The number of hydrogen-bond acceptors (Lipinski definition) is 11. The minimum Gasteiger partial charge on any atom is -0.496 e. The highest BCUT2D eigenvalue weighted by atomic mass is 16.6. The molecule has 312 valence electrons. The minimum absolute atomic E-state index is 0.0349. The summed E-state index contributed by atoms with van der Waals surface area (Å²) in [6.07, 6.45) is 8.34. The van der Waals surface area contributed by atoms with Gasteiger partial charge in [0.15, 0.2) is 6.10 Å². The van der Waals surface area contributed by atoms with E-state index < -0.39 is 57.9 Å². The van der Waals surface area contributed by atoms with Crippen LogP contribution in [0.4, 0.5) is 5.69 Å². The van der Waals surface area contributed by atoms with Gasteiger partial charge in [0.25, 0.3) is 0 Å². The molecule has 59 heavy (non-hydrogen) atoms. The van der Waals surface area contributed by atoms with Gasteiger partial charge in [0.05, 0.1) is 33.1 Å². The summed E-state index contributed by atoms with van der Waals surface area (Å²) in [5, 5.41) is 14.3. The van der Waals surface area contributed by atoms with Crippen molar-refractivity contribution >= 4 is 40.9 Å². The summed E-state index contributed by atoms with van der Waals surface area (Å²) in [5.41, 5.74) is -0.420. The van der Waals surface area contributed by atoms with Gasteiger partial charge in [-0.3, -0.25) is 24.2 Å². The van der Waals surface area contributed by atoms with Crippen LogP contribution in [-0.4, -0.2) is 122 Å². The summed E-state index contributed by atoms with van der Waals surface area (Å²) in [6.45, 7) is 8.97. The van der Waals surface area contributed by atoms with E-state index in [0.29, 0.717) is 67.7 Å². The monoisotopic (exact) mass is 806 g/mol. The van der Waals surface area contributed by atoms with Crippen molar-refractivity contribution in [1.82, 2.24) is 14.8 Å². The number of rotatable bonds is 8. The lowest BCUT2D eigenvalue weighted by atomic mass is 9.47. The molecule has 0 radical (unpaired) electrons. The van der Waals surface area contributed by atoms with Crippen molar-refractivity contribution in [2.75, 3.05) is 59.0 Å². The van der Waals surface area contributed by atoms with Crippen LogP contribution in [0.3, 0.4) is 0 Å². The number of esters is 3. The molecule has 2 bridgehead atoms. The Balaban J connectivity index is 1.39. The van der Waals surface area contributed by atoms with Crippen molar-refractivity contribution in [2.45, 2.75) is 87.5 Å². The van der Waals surface area contributed by atoms with Crippen molar-refractivity contribution < 1.29 is 43.2 Å². The first-order valence-electron chi connectivity index (χ1n) is 20.9. The Labute approximate surface area is 344 Å². The van der Waals surface area contributed by atoms with Crippen molar-refractivity contribution in [2.24, 2.45) is 11.3 Å². The second kappa shape index (κ2) is 14.1. The lowest BCUT2D eigenvalue weighted by molar-refractivity contribution is -0.228. The Morgan fingerprint density at radius 2 is 1.80 bits per heavy atom. The zero-order valence-corrected chi connectivity index (χ0v) is 34.7. The van der Waals surface area contributed by atoms with Crippen LogP contribution in [0, 0.1) is 11.3 Å². The third-order valence-corrected chi connectivity index (χ3v) is 15.0. The van der Waals surface area contributed by atoms with Gasteiger partial charge in [-0.2, -0.15) is 0 Å². The standard InChI is InChI=1S/C46H54N4O9/c1-7-28-20-29-23-45(41(53)57-5,37-31(14-18-48(24-28)25-29)30-12-9-10-13-34(30)47-37)33-21-32-35(22-36(33)56-4)50(26-51)39-44(32)16-19-49-17-11-15-43(8-2,38(44)49)40(59-27(3)52)46(39,55)42(54)58-6/h9-13,15,20-22,26,29,38-40,47,55H,7-8,14,16-19,23-25H2,1-6H3/t29-,38+,39?,40+,43+,44+,45-,46-/m1/s1. The SMILES string of the molecule is CCC1=C[C@H]2CN(CCc3c([nH]c4ccccc34)[C@](C(=O)OC)(c3cc4c(cc3OC)N(C=O)C3[C@](O)(C(=O)OC)[C@@H](OC(C)=O)[C@@]5(CC)C=CCN6CC[C@@]43[C@@H]65)C2)C1. The van der Waals surface area contributed by atoms with E-state index in [-0.39, 0.29) is 5.92 Å².